The molecule has 0 aliphatic heterocycles. The summed E-state index contributed by atoms with van der Waals surface area (Å²) in [7, 11) is 0. The Kier molecular flexibility index (Phi) is 10.9. The van der Waals surface area contributed by atoms with Gasteiger partial charge in [0.25, 0.3) is 0 Å². The molecule has 5 heteroatoms. The van der Waals surface area contributed by atoms with Gasteiger partial charge in [0, 0.05) is 24.0 Å². The van der Waals surface area contributed by atoms with Crippen LogP contribution in [0.3, 0.4) is 0 Å². The summed E-state index contributed by atoms with van der Waals surface area (Å²) in [5.41, 5.74) is 1.36. The molecule has 0 aromatic rings. The van der Waals surface area contributed by atoms with Crippen molar-refractivity contribution in [2.45, 2.75) is 79.6 Å². The zero-order chi connectivity index (χ0) is 25.4. The van der Waals surface area contributed by atoms with Crippen molar-refractivity contribution >= 4 is 5.78 Å². The van der Waals surface area contributed by atoms with E-state index in [9.17, 15) is 4.79 Å². The van der Waals surface area contributed by atoms with Crippen LogP contribution >= 0.6 is 0 Å². The lowest BCUT2D eigenvalue weighted by Crippen LogP contribution is -2.60. The Morgan fingerprint density at radius 3 is 1.03 bits per heavy atom. The lowest BCUT2D eigenvalue weighted by Gasteiger charge is -2.49. The topological polar surface area (TPSA) is 30.0 Å². The Balaban J connectivity index is 2.29. The summed E-state index contributed by atoms with van der Waals surface area (Å²) in [5, 5.41) is 0. The van der Waals surface area contributed by atoms with Gasteiger partial charge in [0.2, 0.25) is 0 Å². The molecule has 192 valence electrons. The molecule has 0 unspecified atom stereocenters. The number of carbonyl (C=O) groups is 1. The number of rotatable bonds is 14. The molecule has 2 aliphatic rings. The summed E-state index contributed by atoms with van der Waals surface area (Å²) >= 11 is 0. The number of hydrogen-bond donors (Lipinski definition) is 0. The van der Waals surface area contributed by atoms with Gasteiger partial charge in [-0.25, -0.2) is 0 Å². The van der Waals surface area contributed by atoms with E-state index in [4.69, 9.17) is 0 Å². The molecule has 0 atom stereocenters. The van der Waals surface area contributed by atoms with Crippen molar-refractivity contribution < 1.29 is 4.79 Å². The lowest BCUT2D eigenvalue weighted by atomic mass is 9.86. The molecule has 0 radical (unpaired) electrons. The van der Waals surface area contributed by atoms with E-state index in [1.54, 1.807) is 0 Å². The van der Waals surface area contributed by atoms with Crippen LogP contribution in [0.4, 0.5) is 0 Å². The molecule has 0 heterocycles. The molecule has 0 fully saturated rings. The molecule has 34 heavy (non-hydrogen) atoms. The maximum Gasteiger partial charge on any atom is 0.192 e. The van der Waals surface area contributed by atoms with E-state index in [0.717, 1.165) is 76.3 Å². The highest BCUT2D eigenvalue weighted by Gasteiger charge is 2.40. The predicted molar refractivity (Wildman–Crippen MR) is 146 cm³/mol. The molecular formula is C29H50N4O. The molecule has 0 saturated carbocycles. The highest BCUT2D eigenvalue weighted by atomic mass is 16.1. The van der Waals surface area contributed by atoms with Crippen LogP contribution in [0.2, 0.25) is 0 Å². The summed E-state index contributed by atoms with van der Waals surface area (Å²) in [4.78, 5) is 23.6. The highest BCUT2D eigenvalue weighted by molar-refractivity contribution is 6.12. The molecule has 0 N–H and O–H groups in total. The minimum absolute atomic E-state index is 0.145. The number of Topliss-reactive ketones (excluding diaryl/α,β-unsaturated/α-hetero) is 1. The standard InChI is InChI=1S/C29H50N4O/c1-9-30(10-2)28(31(11-3)12-4)21-17-25(18-22-28)27(34)26-19-23-29(24-20-26,32(13-5)14-6)33(15-7)16-8/h17-21,23H,9-16,22,24H2,1-8H3. The van der Waals surface area contributed by atoms with Gasteiger partial charge in [0.15, 0.2) is 5.78 Å². The third-order valence-corrected chi connectivity index (χ3v) is 8.07. The maximum absolute atomic E-state index is 13.5. The minimum Gasteiger partial charge on any atom is -0.289 e. The van der Waals surface area contributed by atoms with Crippen LogP contribution in [0.5, 0.6) is 0 Å². The van der Waals surface area contributed by atoms with Crippen LogP contribution in [0.25, 0.3) is 0 Å². The first-order valence-electron chi connectivity index (χ1n) is 13.7. The van der Waals surface area contributed by atoms with E-state index < -0.39 is 0 Å². The van der Waals surface area contributed by atoms with Gasteiger partial charge >= 0.3 is 0 Å². The summed E-state index contributed by atoms with van der Waals surface area (Å²) in [6.07, 6.45) is 14.7. The monoisotopic (exact) mass is 470 g/mol. The molecule has 0 amide bonds. The van der Waals surface area contributed by atoms with Gasteiger partial charge in [-0.05, 0) is 64.5 Å². The van der Waals surface area contributed by atoms with E-state index in [1.165, 1.54) is 0 Å². The first-order valence-corrected chi connectivity index (χ1v) is 13.7. The lowest BCUT2D eigenvalue weighted by molar-refractivity contribution is -0.111. The van der Waals surface area contributed by atoms with Crippen molar-refractivity contribution in [2.24, 2.45) is 0 Å². The Labute approximate surface area is 209 Å². The average molecular weight is 471 g/mol. The Bertz CT molecular complexity index is 690. The normalized spacial score (nSPS) is 19.3. The SMILES string of the molecule is CCN(CC)C1(N(CC)CC)C=CC(C(=O)C2=CCC(N(CC)CC)(N(CC)CC)C=C2)=CC1. The van der Waals surface area contributed by atoms with E-state index in [1.807, 2.05) is 0 Å². The Morgan fingerprint density at radius 1 is 0.588 bits per heavy atom. The van der Waals surface area contributed by atoms with Crippen LogP contribution in [-0.2, 0) is 4.79 Å². The number of likely N-dealkylation sites (N-methyl/N-ethyl adjacent to an activating group) is 4. The molecule has 0 aromatic heterocycles. The van der Waals surface area contributed by atoms with Crippen LogP contribution in [0.15, 0.2) is 47.6 Å². The third kappa shape index (κ3) is 5.33. The first kappa shape index (κ1) is 28.7. The number of carbonyl (C=O) groups excluding carboxylic acids is 1. The second kappa shape index (κ2) is 13.0. The molecule has 0 saturated heterocycles. The van der Waals surface area contributed by atoms with Crippen molar-refractivity contribution in [1.82, 2.24) is 19.6 Å². The predicted octanol–water partition coefficient (Wildman–Crippen LogP) is 5.09. The van der Waals surface area contributed by atoms with E-state index in [2.05, 4.69) is 111 Å². The highest BCUT2D eigenvalue weighted by Crippen LogP contribution is 2.35. The average Bonchev–Trinajstić information content (AvgIpc) is 2.87. The minimum atomic E-state index is -0.145. The van der Waals surface area contributed by atoms with Crippen LogP contribution in [-0.4, -0.2) is 89.1 Å². The summed E-state index contributed by atoms with van der Waals surface area (Å²) < 4.78 is 0. The van der Waals surface area contributed by atoms with Crippen molar-refractivity contribution in [3.8, 4) is 0 Å². The number of ketones is 1. The Hall–Kier alpha value is -1.53. The number of nitrogens with zero attached hydrogens (tertiary/aromatic N) is 4. The summed E-state index contributed by atoms with van der Waals surface area (Å²) in [5.74, 6) is 0.146. The fraction of sp³-hybridized carbons (Fsp3) is 0.690. The number of hydrogen-bond acceptors (Lipinski definition) is 5. The molecule has 0 aromatic carbocycles. The van der Waals surface area contributed by atoms with Crippen LogP contribution in [0, 0.1) is 0 Å². The van der Waals surface area contributed by atoms with E-state index in [-0.39, 0.29) is 17.1 Å². The smallest absolute Gasteiger partial charge is 0.192 e. The molecule has 2 rings (SSSR count). The van der Waals surface area contributed by atoms with Gasteiger partial charge in [-0.2, -0.15) is 0 Å². The summed E-state index contributed by atoms with van der Waals surface area (Å²) in [6, 6.07) is 0. The van der Waals surface area contributed by atoms with Gasteiger partial charge in [0.1, 0.15) is 0 Å². The third-order valence-electron chi connectivity index (χ3n) is 8.07. The summed E-state index contributed by atoms with van der Waals surface area (Å²) in [6.45, 7) is 25.7. The fourth-order valence-corrected chi connectivity index (χ4v) is 6.17. The molecule has 0 spiro atoms. The molecular weight excluding hydrogens is 420 g/mol. The van der Waals surface area contributed by atoms with Gasteiger partial charge < -0.3 is 0 Å². The van der Waals surface area contributed by atoms with E-state index >= 15 is 0 Å². The molecule has 0 bridgehead atoms. The second-order valence-corrected chi connectivity index (χ2v) is 9.17. The van der Waals surface area contributed by atoms with Crippen molar-refractivity contribution in [3.63, 3.8) is 0 Å². The second-order valence-electron chi connectivity index (χ2n) is 9.17. The van der Waals surface area contributed by atoms with Gasteiger partial charge in [0.05, 0.1) is 11.3 Å². The zero-order valence-electron chi connectivity index (χ0n) is 23.2. The van der Waals surface area contributed by atoms with Gasteiger partial charge in [-0.3, -0.25) is 24.4 Å². The Morgan fingerprint density at radius 2 is 0.853 bits per heavy atom. The largest absolute Gasteiger partial charge is 0.289 e. The van der Waals surface area contributed by atoms with Gasteiger partial charge in [-0.15, -0.1) is 0 Å². The zero-order valence-corrected chi connectivity index (χ0v) is 23.2. The van der Waals surface area contributed by atoms with Crippen molar-refractivity contribution in [2.75, 3.05) is 52.4 Å². The molecule has 2 aliphatic carbocycles. The first-order chi connectivity index (χ1) is 16.4. The maximum atomic E-state index is 13.5. The number of allylic oxidation sites excluding steroid dienone is 4. The van der Waals surface area contributed by atoms with Crippen LogP contribution in [0.1, 0.15) is 68.2 Å². The van der Waals surface area contributed by atoms with Crippen molar-refractivity contribution in [3.05, 3.63) is 47.6 Å². The van der Waals surface area contributed by atoms with E-state index in [0.29, 0.717) is 0 Å². The quantitative estimate of drug-likeness (QED) is 0.330. The fourth-order valence-electron chi connectivity index (χ4n) is 6.17. The molecule has 5 nitrogen and oxygen atoms in total. The van der Waals surface area contributed by atoms with Gasteiger partial charge in [-0.1, -0.05) is 79.7 Å². The van der Waals surface area contributed by atoms with Crippen molar-refractivity contribution in [1.29, 1.82) is 0 Å². The van der Waals surface area contributed by atoms with Crippen LogP contribution < -0.4 is 0 Å².